The lowest BCUT2D eigenvalue weighted by Crippen LogP contribution is -2.38. The van der Waals surface area contributed by atoms with Crippen molar-refractivity contribution in [3.05, 3.63) is 57.9 Å². The summed E-state index contributed by atoms with van der Waals surface area (Å²) in [6, 6.07) is 8.26. The van der Waals surface area contributed by atoms with Crippen molar-refractivity contribution < 1.29 is 14.3 Å². The molecule has 4 heteroatoms. The zero-order valence-corrected chi connectivity index (χ0v) is 17.6. The fraction of sp³-hybridized carbons (Fsp3) is 0.500. The first kappa shape index (κ1) is 20.4. The third-order valence-electron chi connectivity index (χ3n) is 5.62. The molecule has 1 aliphatic heterocycles. The van der Waals surface area contributed by atoms with Crippen molar-refractivity contribution in [1.29, 1.82) is 0 Å². The van der Waals surface area contributed by atoms with Gasteiger partial charge in [-0.25, -0.2) is 4.79 Å². The highest BCUT2D eigenvalue weighted by molar-refractivity contribution is 6.04. The number of esters is 1. The molecule has 1 heterocycles. The third-order valence-corrected chi connectivity index (χ3v) is 5.62. The quantitative estimate of drug-likeness (QED) is 0.744. The summed E-state index contributed by atoms with van der Waals surface area (Å²) in [6.45, 7) is 10.6. The van der Waals surface area contributed by atoms with Crippen LogP contribution in [0, 0.1) is 5.41 Å². The second-order valence-electron chi connectivity index (χ2n) is 8.66. The van der Waals surface area contributed by atoms with Crippen molar-refractivity contribution in [1.82, 2.24) is 5.32 Å². The van der Waals surface area contributed by atoms with E-state index in [1.165, 1.54) is 5.56 Å². The van der Waals surface area contributed by atoms with E-state index in [-0.39, 0.29) is 23.1 Å². The molecule has 150 valence electrons. The zero-order chi connectivity index (χ0) is 20.5. The van der Waals surface area contributed by atoms with Crippen LogP contribution < -0.4 is 5.32 Å². The minimum absolute atomic E-state index is 0.0833. The average molecular weight is 382 g/mol. The Morgan fingerprint density at radius 2 is 1.86 bits per heavy atom. The lowest BCUT2D eigenvalue weighted by molar-refractivity contribution is -0.139. The topological polar surface area (TPSA) is 55.4 Å². The van der Waals surface area contributed by atoms with Crippen LogP contribution in [-0.4, -0.2) is 18.4 Å². The molecule has 1 N–H and O–H groups in total. The maximum absolute atomic E-state index is 13.2. The van der Waals surface area contributed by atoms with Gasteiger partial charge in [-0.15, -0.1) is 0 Å². The molecule has 0 fully saturated rings. The number of benzene rings is 1. The van der Waals surface area contributed by atoms with Crippen molar-refractivity contribution in [2.75, 3.05) is 6.61 Å². The van der Waals surface area contributed by atoms with Gasteiger partial charge in [-0.2, -0.15) is 0 Å². The molecule has 28 heavy (non-hydrogen) atoms. The van der Waals surface area contributed by atoms with E-state index in [0.717, 1.165) is 41.8 Å². The number of aryl methyl sites for hydroxylation is 1. The van der Waals surface area contributed by atoms with E-state index >= 15 is 0 Å². The van der Waals surface area contributed by atoms with Gasteiger partial charge in [0.15, 0.2) is 5.78 Å². The first-order valence-electron chi connectivity index (χ1n) is 10.3. The number of nitrogens with one attached hydrogen (secondary N) is 1. The van der Waals surface area contributed by atoms with Crippen molar-refractivity contribution >= 4 is 11.8 Å². The maximum Gasteiger partial charge on any atom is 0.336 e. The van der Waals surface area contributed by atoms with E-state index in [1.807, 2.05) is 26.0 Å². The molecule has 0 aromatic heterocycles. The number of dihydropyridines is 1. The largest absolute Gasteiger partial charge is 0.462 e. The molecule has 0 unspecified atom stereocenters. The Hall–Kier alpha value is -2.36. The molecule has 0 saturated heterocycles. The Balaban J connectivity index is 2.11. The fourth-order valence-corrected chi connectivity index (χ4v) is 4.26. The molecule has 1 aromatic carbocycles. The van der Waals surface area contributed by atoms with Crippen molar-refractivity contribution in [3.8, 4) is 0 Å². The van der Waals surface area contributed by atoms with Gasteiger partial charge < -0.3 is 10.1 Å². The molecular weight excluding hydrogens is 350 g/mol. The molecule has 0 spiro atoms. The van der Waals surface area contributed by atoms with E-state index in [2.05, 4.69) is 38.2 Å². The van der Waals surface area contributed by atoms with Gasteiger partial charge in [0.25, 0.3) is 0 Å². The molecular formula is C24H31NO3. The number of carbonyl (C=O) groups excluding carboxylic acids is 2. The first-order chi connectivity index (χ1) is 13.3. The molecule has 0 bridgehead atoms. The number of hydrogen-bond acceptors (Lipinski definition) is 4. The Kier molecular flexibility index (Phi) is 5.78. The SMILES string of the molecule is CCCOC(=O)C1=C(C)NC2=C(C(=O)CC(C)(C)C2)[C@@H]1c1ccc(CC)cc1. The van der Waals surface area contributed by atoms with Gasteiger partial charge in [-0.3, -0.25) is 4.79 Å². The van der Waals surface area contributed by atoms with E-state index in [4.69, 9.17) is 4.74 Å². The lowest BCUT2D eigenvalue weighted by Gasteiger charge is -2.39. The van der Waals surface area contributed by atoms with Gasteiger partial charge in [0.1, 0.15) is 0 Å². The van der Waals surface area contributed by atoms with Crippen LogP contribution in [0.15, 0.2) is 46.8 Å². The third kappa shape index (κ3) is 3.91. The average Bonchev–Trinajstić information content (AvgIpc) is 2.64. The van der Waals surface area contributed by atoms with Crippen molar-refractivity contribution in [2.45, 2.75) is 66.2 Å². The van der Waals surface area contributed by atoms with E-state index in [9.17, 15) is 9.59 Å². The molecule has 3 rings (SSSR count). The van der Waals surface area contributed by atoms with Gasteiger partial charge in [0.05, 0.1) is 12.2 Å². The van der Waals surface area contributed by atoms with Crippen LogP contribution in [0.5, 0.6) is 0 Å². The van der Waals surface area contributed by atoms with Gasteiger partial charge >= 0.3 is 5.97 Å². The molecule has 0 radical (unpaired) electrons. The summed E-state index contributed by atoms with van der Waals surface area (Å²) in [6.07, 6.45) is 3.01. The predicted octanol–water partition coefficient (Wildman–Crippen LogP) is 4.81. The first-order valence-corrected chi connectivity index (χ1v) is 10.3. The Morgan fingerprint density at radius 3 is 2.46 bits per heavy atom. The van der Waals surface area contributed by atoms with Crippen molar-refractivity contribution in [2.24, 2.45) is 5.41 Å². The van der Waals surface area contributed by atoms with Crippen LogP contribution in [-0.2, 0) is 20.7 Å². The van der Waals surface area contributed by atoms with E-state index < -0.39 is 0 Å². The highest BCUT2D eigenvalue weighted by atomic mass is 16.5. The number of allylic oxidation sites excluding steroid dienone is 3. The van der Waals surface area contributed by atoms with Crippen molar-refractivity contribution in [3.63, 3.8) is 0 Å². The summed E-state index contributed by atoms with van der Waals surface area (Å²) in [7, 11) is 0. The maximum atomic E-state index is 13.2. The zero-order valence-electron chi connectivity index (χ0n) is 17.6. The number of Topliss-reactive ketones (excluding diaryl/α,β-unsaturated/α-hetero) is 1. The highest BCUT2D eigenvalue weighted by Crippen LogP contribution is 2.46. The summed E-state index contributed by atoms with van der Waals surface area (Å²) < 4.78 is 5.48. The summed E-state index contributed by atoms with van der Waals surface area (Å²) in [5.41, 5.74) is 5.16. The van der Waals surface area contributed by atoms with Gasteiger partial charge in [-0.1, -0.05) is 52.0 Å². The molecule has 2 aliphatic rings. The normalized spacial score (nSPS) is 21.3. The molecule has 1 aliphatic carbocycles. The number of rotatable bonds is 5. The van der Waals surface area contributed by atoms with E-state index in [0.29, 0.717) is 18.6 Å². The lowest BCUT2D eigenvalue weighted by atomic mass is 9.68. The van der Waals surface area contributed by atoms with Crippen LogP contribution >= 0.6 is 0 Å². The van der Waals surface area contributed by atoms with Gasteiger partial charge in [0, 0.05) is 29.3 Å². The highest BCUT2D eigenvalue weighted by Gasteiger charge is 2.43. The Bertz CT molecular complexity index is 843. The number of carbonyl (C=O) groups is 2. The fourth-order valence-electron chi connectivity index (χ4n) is 4.26. The molecule has 0 amide bonds. The Labute approximate surface area is 168 Å². The van der Waals surface area contributed by atoms with Crippen LogP contribution in [0.25, 0.3) is 0 Å². The predicted molar refractivity (Wildman–Crippen MR) is 111 cm³/mol. The molecule has 0 saturated carbocycles. The van der Waals surface area contributed by atoms with Crippen LogP contribution in [0.3, 0.4) is 0 Å². The minimum Gasteiger partial charge on any atom is -0.462 e. The standard InChI is InChI=1S/C24H31NO3/c1-6-12-28-23(27)20-15(3)25-18-13-24(4,5)14-19(26)22(18)21(20)17-10-8-16(7-2)9-11-17/h8-11,21,25H,6-7,12-14H2,1-5H3/t21-/m1/s1. The second kappa shape index (κ2) is 7.94. The summed E-state index contributed by atoms with van der Waals surface area (Å²) >= 11 is 0. The summed E-state index contributed by atoms with van der Waals surface area (Å²) in [5.74, 6) is -0.577. The number of ketones is 1. The van der Waals surface area contributed by atoms with Crippen LogP contribution in [0.4, 0.5) is 0 Å². The number of hydrogen-bond donors (Lipinski definition) is 1. The molecule has 4 nitrogen and oxygen atoms in total. The monoisotopic (exact) mass is 381 g/mol. The van der Waals surface area contributed by atoms with Gasteiger partial charge in [0.2, 0.25) is 0 Å². The minimum atomic E-state index is -0.366. The molecule has 1 aromatic rings. The smallest absolute Gasteiger partial charge is 0.336 e. The summed E-state index contributed by atoms with van der Waals surface area (Å²) in [5, 5.41) is 3.37. The summed E-state index contributed by atoms with van der Waals surface area (Å²) in [4.78, 5) is 26.1. The molecule has 1 atom stereocenters. The number of ether oxygens (including phenoxy) is 1. The van der Waals surface area contributed by atoms with Crippen LogP contribution in [0.2, 0.25) is 0 Å². The second-order valence-corrected chi connectivity index (χ2v) is 8.66. The Morgan fingerprint density at radius 1 is 1.18 bits per heavy atom. The van der Waals surface area contributed by atoms with E-state index in [1.54, 1.807) is 0 Å². The van der Waals surface area contributed by atoms with Crippen LogP contribution in [0.1, 0.15) is 70.9 Å². The van der Waals surface area contributed by atoms with Gasteiger partial charge in [-0.05, 0) is 42.7 Å².